The van der Waals surface area contributed by atoms with E-state index in [0.717, 1.165) is 29.7 Å². The van der Waals surface area contributed by atoms with Crippen molar-refractivity contribution in [1.29, 1.82) is 0 Å². The van der Waals surface area contributed by atoms with Gasteiger partial charge in [0.15, 0.2) is 0 Å². The summed E-state index contributed by atoms with van der Waals surface area (Å²) < 4.78 is 5.24. The molecule has 0 aliphatic rings. The lowest BCUT2D eigenvalue weighted by molar-refractivity contribution is 0.416. The number of nitrogens with two attached hydrogens (primary N) is 1. The van der Waals surface area contributed by atoms with E-state index in [1.165, 1.54) is 5.56 Å². The molecule has 2 rings (SSSR count). The van der Waals surface area contributed by atoms with Gasteiger partial charge in [-0.3, -0.25) is 0 Å². The number of hydrogen-bond acceptors (Lipinski definition) is 3. The second-order valence-corrected chi connectivity index (χ2v) is 5.60. The number of rotatable bonds is 5. The Morgan fingerprint density at radius 2 is 1.70 bits per heavy atom. The highest BCUT2D eigenvalue weighted by Gasteiger charge is 2.21. The van der Waals surface area contributed by atoms with Crippen molar-refractivity contribution in [2.45, 2.75) is 52.4 Å². The number of hydrogen-bond donors (Lipinski definition) is 1. The summed E-state index contributed by atoms with van der Waals surface area (Å²) in [6.07, 6.45) is 2.08. The van der Waals surface area contributed by atoms with Crippen LogP contribution in [0.15, 0.2) is 28.8 Å². The molecule has 3 heteroatoms. The van der Waals surface area contributed by atoms with E-state index in [0.29, 0.717) is 17.7 Å². The van der Waals surface area contributed by atoms with E-state index in [2.05, 4.69) is 57.1 Å². The van der Waals surface area contributed by atoms with Crippen LogP contribution in [0, 0.1) is 0 Å². The quantitative estimate of drug-likeness (QED) is 0.837. The minimum absolute atomic E-state index is 0.399. The summed E-state index contributed by atoms with van der Waals surface area (Å²) in [5.41, 5.74) is 10.4. The maximum absolute atomic E-state index is 5.99. The Balaban J connectivity index is 2.44. The van der Waals surface area contributed by atoms with Crippen LogP contribution in [0.5, 0.6) is 0 Å². The maximum Gasteiger partial charge on any atom is 0.230 e. The second kappa shape index (κ2) is 6.12. The molecule has 2 aromatic rings. The van der Waals surface area contributed by atoms with E-state index in [9.17, 15) is 0 Å². The Labute approximate surface area is 121 Å². The summed E-state index contributed by atoms with van der Waals surface area (Å²) in [6.45, 7) is 8.73. The Morgan fingerprint density at radius 1 is 1.10 bits per heavy atom. The van der Waals surface area contributed by atoms with Crippen molar-refractivity contribution >= 4 is 5.88 Å². The van der Waals surface area contributed by atoms with Crippen molar-refractivity contribution < 1.29 is 4.52 Å². The molecule has 2 N–H and O–H groups in total. The molecule has 0 unspecified atom stereocenters. The van der Waals surface area contributed by atoms with Gasteiger partial charge >= 0.3 is 0 Å². The normalized spacial score (nSPS) is 11.5. The monoisotopic (exact) mass is 272 g/mol. The van der Waals surface area contributed by atoms with Crippen LogP contribution >= 0.6 is 0 Å². The minimum Gasteiger partial charge on any atom is -0.367 e. The highest BCUT2D eigenvalue weighted by molar-refractivity contribution is 5.75. The van der Waals surface area contributed by atoms with E-state index in [4.69, 9.17) is 10.3 Å². The summed E-state index contributed by atoms with van der Waals surface area (Å²) in [5, 5.41) is 4.19. The third kappa shape index (κ3) is 2.72. The molecule has 0 radical (unpaired) electrons. The molecule has 1 heterocycles. The summed E-state index contributed by atoms with van der Waals surface area (Å²) in [4.78, 5) is 0. The number of aromatic nitrogens is 1. The highest BCUT2D eigenvalue weighted by Crippen LogP contribution is 2.36. The third-order valence-corrected chi connectivity index (χ3v) is 3.98. The van der Waals surface area contributed by atoms with Crippen LogP contribution in [0.1, 0.15) is 63.6 Å². The van der Waals surface area contributed by atoms with E-state index >= 15 is 0 Å². The SMILES string of the molecule is CCC(CC)c1noc(N)c1-c1ccc(C(C)C)cc1. The van der Waals surface area contributed by atoms with E-state index in [-0.39, 0.29) is 0 Å². The van der Waals surface area contributed by atoms with Gasteiger partial charge in [0.25, 0.3) is 0 Å². The molecule has 0 spiro atoms. The molecule has 3 nitrogen and oxygen atoms in total. The maximum atomic E-state index is 5.99. The topological polar surface area (TPSA) is 52.0 Å². The van der Waals surface area contributed by atoms with Crippen molar-refractivity contribution in [3.63, 3.8) is 0 Å². The largest absolute Gasteiger partial charge is 0.367 e. The highest BCUT2D eigenvalue weighted by atomic mass is 16.5. The summed E-state index contributed by atoms with van der Waals surface area (Å²) >= 11 is 0. The molecule has 1 aromatic heterocycles. The predicted molar refractivity (Wildman–Crippen MR) is 83.8 cm³/mol. The number of nitrogen functional groups attached to an aromatic ring is 1. The lowest BCUT2D eigenvalue weighted by Crippen LogP contribution is -1.99. The predicted octanol–water partition coefficient (Wildman–Crippen LogP) is 4.95. The number of nitrogens with zero attached hydrogens (tertiary/aromatic N) is 1. The van der Waals surface area contributed by atoms with Gasteiger partial charge in [0.1, 0.15) is 0 Å². The zero-order valence-electron chi connectivity index (χ0n) is 12.8. The van der Waals surface area contributed by atoms with Gasteiger partial charge in [0.05, 0.1) is 11.3 Å². The Morgan fingerprint density at radius 3 is 2.20 bits per heavy atom. The average Bonchev–Trinajstić information content (AvgIpc) is 2.82. The van der Waals surface area contributed by atoms with Crippen LogP contribution in [-0.4, -0.2) is 5.16 Å². The van der Waals surface area contributed by atoms with Crippen molar-refractivity contribution in [3.8, 4) is 11.1 Å². The molecular formula is C17H24N2O. The fourth-order valence-corrected chi connectivity index (χ4v) is 2.59. The molecule has 0 saturated heterocycles. The lowest BCUT2D eigenvalue weighted by atomic mass is 9.92. The molecule has 0 saturated carbocycles. The molecule has 0 atom stereocenters. The molecule has 0 fully saturated rings. The van der Waals surface area contributed by atoms with Crippen LogP contribution in [0.2, 0.25) is 0 Å². The van der Waals surface area contributed by atoms with Gasteiger partial charge in [0.2, 0.25) is 5.88 Å². The third-order valence-electron chi connectivity index (χ3n) is 3.98. The zero-order chi connectivity index (χ0) is 14.7. The first-order valence-corrected chi connectivity index (χ1v) is 7.43. The second-order valence-electron chi connectivity index (χ2n) is 5.60. The number of anilines is 1. The van der Waals surface area contributed by atoms with Crippen LogP contribution in [0.3, 0.4) is 0 Å². The molecule has 0 bridgehead atoms. The molecular weight excluding hydrogens is 248 g/mol. The van der Waals surface area contributed by atoms with Crippen molar-refractivity contribution in [2.24, 2.45) is 0 Å². The van der Waals surface area contributed by atoms with Gasteiger partial charge in [0, 0.05) is 5.92 Å². The Kier molecular flexibility index (Phi) is 4.48. The Bertz CT molecular complexity index is 551. The Hall–Kier alpha value is -1.77. The summed E-state index contributed by atoms with van der Waals surface area (Å²) in [7, 11) is 0. The standard InChI is InChI=1S/C17H24N2O/c1-5-12(6-2)16-15(17(18)20-19-16)14-9-7-13(8-10-14)11(3)4/h7-12H,5-6,18H2,1-4H3. The molecule has 1 aromatic carbocycles. The van der Waals surface area contributed by atoms with Crippen molar-refractivity contribution in [1.82, 2.24) is 5.16 Å². The average molecular weight is 272 g/mol. The van der Waals surface area contributed by atoms with Crippen molar-refractivity contribution in [2.75, 3.05) is 5.73 Å². The first-order chi connectivity index (χ1) is 9.58. The van der Waals surface area contributed by atoms with E-state index < -0.39 is 0 Å². The first kappa shape index (κ1) is 14.6. The first-order valence-electron chi connectivity index (χ1n) is 7.43. The molecule has 108 valence electrons. The molecule has 20 heavy (non-hydrogen) atoms. The molecule has 0 amide bonds. The van der Waals surface area contributed by atoms with Gasteiger partial charge in [-0.2, -0.15) is 0 Å². The summed E-state index contributed by atoms with van der Waals surface area (Å²) in [6, 6.07) is 8.54. The van der Waals surface area contributed by atoms with Crippen molar-refractivity contribution in [3.05, 3.63) is 35.5 Å². The van der Waals surface area contributed by atoms with Crippen LogP contribution in [-0.2, 0) is 0 Å². The van der Waals surface area contributed by atoms with Gasteiger partial charge in [-0.25, -0.2) is 0 Å². The van der Waals surface area contributed by atoms with Gasteiger partial charge in [-0.05, 0) is 29.9 Å². The van der Waals surface area contributed by atoms with E-state index in [1.54, 1.807) is 0 Å². The summed E-state index contributed by atoms with van der Waals surface area (Å²) in [5.74, 6) is 1.35. The lowest BCUT2D eigenvalue weighted by Gasteiger charge is -2.12. The van der Waals surface area contributed by atoms with Gasteiger partial charge in [-0.1, -0.05) is 57.1 Å². The smallest absolute Gasteiger partial charge is 0.230 e. The number of benzene rings is 1. The van der Waals surface area contributed by atoms with Crippen LogP contribution in [0.25, 0.3) is 11.1 Å². The molecule has 0 aliphatic carbocycles. The van der Waals surface area contributed by atoms with Crippen LogP contribution in [0.4, 0.5) is 5.88 Å². The van der Waals surface area contributed by atoms with Gasteiger partial charge in [-0.15, -0.1) is 0 Å². The van der Waals surface area contributed by atoms with Crippen LogP contribution < -0.4 is 5.73 Å². The fourth-order valence-electron chi connectivity index (χ4n) is 2.59. The zero-order valence-corrected chi connectivity index (χ0v) is 12.8. The molecule has 0 aliphatic heterocycles. The fraction of sp³-hybridized carbons (Fsp3) is 0.471. The van der Waals surface area contributed by atoms with E-state index in [1.807, 2.05) is 0 Å². The van der Waals surface area contributed by atoms with Gasteiger partial charge < -0.3 is 10.3 Å². The minimum atomic E-state index is 0.399.